The van der Waals surface area contributed by atoms with Gasteiger partial charge in [-0.3, -0.25) is 4.90 Å². The van der Waals surface area contributed by atoms with Gasteiger partial charge in [-0.1, -0.05) is 0 Å². The average Bonchev–Trinajstić information content (AvgIpc) is 2.57. The zero-order valence-electron chi connectivity index (χ0n) is 12.6. The predicted molar refractivity (Wildman–Crippen MR) is 79.7 cm³/mol. The molecule has 1 N–H and O–H groups in total. The number of halogens is 3. The van der Waals surface area contributed by atoms with E-state index < -0.39 is 12.7 Å². The van der Waals surface area contributed by atoms with Crippen molar-refractivity contribution in [1.82, 2.24) is 15.1 Å². The lowest BCUT2D eigenvalue weighted by molar-refractivity contribution is -0.143. The first-order chi connectivity index (χ1) is 9.79. The van der Waals surface area contributed by atoms with Gasteiger partial charge in [0.1, 0.15) is 0 Å². The van der Waals surface area contributed by atoms with E-state index >= 15 is 0 Å². The van der Waals surface area contributed by atoms with E-state index in [1.807, 2.05) is 23.6 Å². The summed E-state index contributed by atoms with van der Waals surface area (Å²) in [6.07, 6.45) is -2.68. The number of rotatable bonds is 5. The van der Waals surface area contributed by atoms with Gasteiger partial charge in [0.05, 0.1) is 6.54 Å². The first kappa shape index (κ1) is 18.4. The highest BCUT2D eigenvalue weighted by atomic mass is 32.2. The van der Waals surface area contributed by atoms with Crippen molar-refractivity contribution in [2.75, 3.05) is 44.7 Å². The van der Waals surface area contributed by atoms with Crippen molar-refractivity contribution in [3.8, 4) is 0 Å². The number of hydrogen-bond donors (Lipinski definition) is 1. The fourth-order valence-electron chi connectivity index (χ4n) is 2.23. The third kappa shape index (κ3) is 7.80. The van der Waals surface area contributed by atoms with Crippen LogP contribution in [0.3, 0.4) is 0 Å². The van der Waals surface area contributed by atoms with Crippen LogP contribution in [0.4, 0.5) is 18.0 Å². The van der Waals surface area contributed by atoms with E-state index in [0.29, 0.717) is 19.5 Å². The van der Waals surface area contributed by atoms with E-state index in [9.17, 15) is 18.0 Å². The van der Waals surface area contributed by atoms with Crippen LogP contribution in [-0.2, 0) is 0 Å². The van der Waals surface area contributed by atoms with Gasteiger partial charge in [0.2, 0.25) is 0 Å². The Kier molecular flexibility index (Phi) is 7.65. The molecule has 0 aromatic carbocycles. The fraction of sp³-hybridized carbons (Fsp3) is 0.923. The van der Waals surface area contributed by atoms with E-state index in [-0.39, 0.29) is 12.1 Å². The number of nitrogens with one attached hydrogen (secondary N) is 1. The first-order valence-corrected chi connectivity index (χ1v) is 8.32. The Morgan fingerprint density at radius 1 is 1.43 bits per heavy atom. The van der Waals surface area contributed by atoms with E-state index in [1.54, 1.807) is 0 Å². The Bertz CT molecular complexity index is 328. The number of carbonyl (C=O) groups excluding carboxylic acids is 1. The summed E-state index contributed by atoms with van der Waals surface area (Å²) >= 11 is 1.84. The maximum atomic E-state index is 12.1. The lowest BCUT2D eigenvalue weighted by atomic mass is 10.2. The number of nitrogens with zero attached hydrogens (tertiary/aromatic N) is 2. The normalized spacial score (nSPS) is 20.5. The van der Waals surface area contributed by atoms with E-state index in [4.69, 9.17) is 0 Å². The minimum absolute atomic E-state index is 0.108. The van der Waals surface area contributed by atoms with Crippen molar-refractivity contribution in [2.24, 2.45) is 0 Å². The molecule has 0 aliphatic carbocycles. The second kappa shape index (κ2) is 8.73. The number of amides is 2. The highest BCUT2D eigenvalue weighted by molar-refractivity contribution is 7.99. The fourth-order valence-corrected chi connectivity index (χ4v) is 3.27. The minimum atomic E-state index is -4.17. The molecule has 1 rings (SSSR count). The lowest BCUT2D eigenvalue weighted by Crippen LogP contribution is -2.46. The molecule has 0 unspecified atom stereocenters. The molecule has 0 aromatic rings. The zero-order valence-corrected chi connectivity index (χ0v) is 13.4. The van der Waals surface area contributed by atoms with Gasteiger partial charge in [0.25, 0.3) is 0 Å². The molecule has 4 nitrogen and oxygen atoms in total. The van der Waals surface area contributed by atoms with Crippen LogP contribution in [0.1, 0.15) is 19.8 Å². The molecule has 1 heterocycles. The summed E-state index contributed by atoms with van der Waals surface area (Å²) in [6.45, 7) is 2.55. The number of urea groups is 1. The molecule has 0 radical (unpaired) electrons. The Morgan fingerprint density at radius 2 is 2.14 bits per heavy atom. The average molecular weight is 327 g/mol. The molecule has 124 valence electrons. The van der Waals surface area contributed by atoms with Crippen LogP contribution in [0.2, 0.25) is 0 Å². The molecule has 0 saturated carbocycles. The molecule has 0 spiro atoms. The zero-order chi connectivity index (χ0) is 15.9. The van der Waals surface area contributed by atoms with Crippen molar-refractivity contribution in [3.63, 3.8) is 0 Å². The van der Waals surface area contributed by atoms with Crippen molar-refractivity contribution in [1.29, 1.82) is 0 Å². The SMILES string of the molecule is C[C@H]1CCSCCN1C(=O)NCCCN(C)CC(F)(F)F. The molecule has 1 aliphatic heterocycles. The number of hydrogen-bond acceptors (Lipinski definition) is 3. The molecule has 21 heavy (non-hydrogen) atoms. The summed E-state index contributed by atoms with van der Waals surface area (Å²) in [5, 5.41) is 2.80. The first-order valence-electron chi connectivity index (χ1n) is 7.17. The smallest absolute Gasteiger partial charge is 0.338 e. The molecule has 8 heteroatoms. The minimum Gasteiger partial charge on any atom is -0.338 e. The predicted octanol–water partition coefficient (Wildman–Crippen LogP) is 2.41. The number of carbonyl (C=O) groups is 1. The molecule has 1 atom stereocenters. The standard InChI is InChI=1S/C13H24F3N3OS/c1-11-4-8-21-9-7-19(11)12(20)17-5-3-6-18(2)10-13(14,15)16/h11H,3-10H2,1-2H3,(H,17,20)/t11-/m0/s1. The Labute approximate surface area is 128 Å². The van der Waals surface area contributed by atoms with Gasteiger partial charge in [-0.05, 0) is 39.1 Å². The van der Waals surface area contributed by atoms with E-state index in [2.05, 4.69) is 5.32 Å². The summed E-state index contributed by atoms with van der Waals surface area (Å²) in [5.74, 6) is 2.00. The van der Waals surface area contributed by atoms with Crippen LogP contribution in [0.5, 0.6) is 0 Å². The molecule has 1 saturated heterocycles. The summed E-state index contributed by atoms with van der Waals surface area (Å²) in [4.78, 5) is 15.1. The van der Waals surface area contributed by atoms with Gasteiger partial charge in [-0.15, -0.1) is 0 Å². The van der Waals surface area contributed by atoms with Gasteiger partial charge in [0, 0.05) is 24.9 Å². The van der Waals surface area contributed by atoms with Gasteiger partial charge >= 0.3 is 12.2 Å². The van der Waals surface area contributed by atoms with Crippen LogP contribution in [0.25, 0.3) is 0 Å². The van der Waals surface area contributed by atoms with Crippen molar-refractivity contribution < 1.29 is 18.0 Å². The Balaban J connectivity index is 2.21. The quantitative estimate of drug-likeness (QED) is 0.788. The summed E-state index contributed by atoms with van der Waals surface area (Å²) < 4.78 is 36.4. The second-order valence-electron chi connectivity index (χ2n) is 5.38. The number of thioether (sulfide) groups is 1. The Hall–Kier alpha value is -0.630. The monoisotopic (exact) mass is 327 g/mol. The molecular weight excluding hydrogens is 303 g/mol. The van der Waals surface area contributed by atoms with Crippen LogP contribution in [0.15, 0.2) is 0 Å². The van der Waals surface area contributed by atoms with E-state index in [0.717, 1.165) is 24.5 Å². The third-order valence-corrected chi connectivity index (χ3v) is 4.39. The second-order valence-corrected chi connectivity index (χ2v) is 6.61. The molecule has 0 bridgehead atoms. The molecule has 0 aromatic heterocycles. The van der Waals surface area contributed by atoms with Gasteiger partial charge < -0.3 is 10.2 Å². The summed E-state index contributed by atoms with van der Waals surface area (Å²) in [6, 6.07) is 0.108. The van der Waals surface area contributed by atoms with Crippen LogP contribution in [0, 0.1) is 0 Å². The third-order valence-electron chi connectivity index (χ3n) is 3.39. The van der Waals surface area contributed by atoms with Crippen molar-refractivity contribution >= 4 is 17.8 Å². The van der Waals surface area contributed by atoms with Crippen molar-refractivity contribution in [3.05, 3.63) is 0 Å². The highest BCUT2D eigenvalue weighted by Crippen LogP contribution is 2.16. The van der Waals surface area contributed by atoms with Crippen molar-refractivity contribution in [2.45, 2.75) is 32.0 Å². The Morgan fingerprint density at radius 3 is 2.81 bits per heavy atom. The maximum Gasteiger partial charge on any atom is 0.401 e. The van der Waals surface area contributed by atoms with E-state index in [1.165, 1.54) is 11.9 Å². The summed E-state index contributed by atoms with van der Waals surface area (Å²) in [5.41, 5.74) is 0. The lowest BCUT2D eigenvalue weighted by Gasteiger charge is -2.27. The van der Waals surface area contributed by atoms with Gasteiger partial charge in [0.15, 0.2) is 0 Å². The number of alkyl halides is 3. The highest BCUT2D eigenvalue weighted by Gasteiger charge is 2.28. The van der Waals surface area contributed by atoms with Gasteiger partial charge in [-0.2, -0.15) is 24.9 Å². The topological polar surface area (TPSA) is 35.6 Å². The van der Waals surface area contributed by atoms with Crippen LogP contribution in [-0.4, -0.2) is 72.8 Å². The molecular formula is C13H24F3N3OS. The summed E-state index contributed by atoms with van der Waals surface area (Å²) in [7, 11) is 1.43. The molecule has 1 aliphatic rings. The largest absolute Gasteiger partial charge is 0.401 e. The van der Waals surface area contributed by atoms with Crippen LogP contribution >= 0.6 is 11.8 Å². The maximum absolute atomic E-state index is 12.1. The molecule has 2 amide bonds. The van der Waals surface area contributed by atoms with Crippen LogP contribution < -0.4 is 5.32 Å². The molecule has 1 fully saturated rings. The van der Waals surface area contributed by atoms with Gasteiger partial charge in [-0.25, -0.2) is 4.79 Å².